The Kier molecular flexibility index (Phi) is 3.56. The van der Waals surface area contributed by atoms with E-state index in [0.717, 1.165) is 5.57 Å². The van der Waals surface area contributed by atoms with Crippen molar-refractivity contribution in [3.8, 4) is 0 Å². The summed E-state index contributed by atoms with van der Waals surface area (Å²) in [4.78, 5) is 0. The lowest BCUT2D eigenvalue weighted by Crippen LogP contribution is -2.26. The largest absolute Gasteiger partial charge is 0.377 e. The first-order valence-corrected chi connectivity index (χ1v) is 3.77. The molecule has 11 heavy (non-hydrogen) atoms. The van der Waals surface area contributed by atoms with Crippen molar-refractivity contribution in [3.05, 3.63) is 12.2 Å². The van der Waals surface area contributed by atoms with Crippen molar-refractivity contribution in [1.29, 1.82) is 0 Å². The predicted octanol–water partition coefficient (Wildman–Crippen LogP) is 0.952. The van der Waals surface area contributed by atoms with Crippen LogP contribution in [0.15, 0.2) is 12.2 Å². The van der Waals surface area contributed by atoms with E-state index < -0.39 is 0 Å². The summed E-state index contributed by atoms with van der Waals surface area (Å²) in [6, 6.07) is 0. The second kappa shape index (κ2) is 4.49. The summed E-state index contributed by atoms with van der Waals surface area (Å²) < 4.78 is 15.7. The van der Waals surface area contributed by atoms with Crippen LogP contribution in [0.2, 0.25) is 0 Å². The van der Waals surface area contributed by atoms with Gasteiger partial charge in [-0.3, -0.25) is 0 Å². The van der Waals surface area contributed by atoms with Gasteiger partial charge in [-0.15, -0.1) is 0 Å². The molecule has 0 radical (unpaired) electrons. The predicted molar refractivity (Wildman–Crippen MR) is 41.3 cm³/mol. The first-order chi connectivity index (χ1) is 5.30. The Hall–Kier alpha value is -0.380. The Morgan fingerprint density at radius 2 is 1.73 bits per heavy atom. The van der Waals surface area contributed by atoms with Crippen LogP contribution in [0.4, 0.5) is 0 Å². The molecular formula is C8H14O3. The molecule has 3 heteroatoms. The second-order valence-electron chi connectivity index (χ2n) is 2.53. The van der Waals surface area contributed by atoms with Gasteiger partial charge in [-0.25, -0.2) is 0 Å². The van der Waals surface area contributed by atoms with Crippen molar-refractivity contribution in [2.75, 3.05) is 26.4 Å². The van der Waals surface area contributed by atoms with Gasteiger partial charge >= 0.3 is 0 Å². The van der Waals surface area contributed by atoms with Crippen LogP contribution in [-0.4, -0.2) is 32.7 Å². The van der Waals surface area contributed by atoms with E-state index in [-0.39, 0.29) is 6.29 Å². The molecule has 0 aromatic heterocycles. The van der Waals surface area contributed by atoms with E-state index in [4.69, 9.17) is 14.2 Å². The summed E-state index contributed by atoms with van der Waals surface area (Å²) in [5, 5.41) is 0. The van der Waals surface area contributed by atoms with Crippen molar-refractivity contribution in [1.82, 2.24) is 0 Å². The molecule has 0 aromatic rings. The second-order valence-corrected chi connectivity index (χ2v) is 2.53. The van der Waals surface area contributed by atoms with E-state index >= 15 is 0 Å². The zero-order chi connectivity index (χ0) is 8.10. The first-order valence-electron chi connectivity index (χ1n) is 3.77. The normalized spacial score (nSPS) is 22.3. The fourth-order valence-corrected chi connectivity index (χ4v) is 0.863. The van der Waals surface area contributed by atoms with E-state index in [2.05, 4.69) is 6.58 Å². The maximum atomic E-state index is 5.30. The van der Waals surface area contributed by atoms with Gasteiger partial charge in [0.25, 0.3) is 0 Å². The van der Waals surface area contributed by atoms with Crippen LogP contribution in [0.3, 0.4) is 0 Å². The van der Waals surface area contributed by atoms with Gasteiger partial charge in [-0.2, -0.15) is 0 Å². The van der Waals surface area contributed by atoms with E-state index in [9.17, 15) is 0 Å². The van der Waals surface area contributed by atoms with Crippen molar-refractivity contribution < 1.29 is 14.2 Å². The Balaban J connectivity index is 2.32. The van der Waals surface area contributed by atoms with E-state index in [1.54, 1.807) is 0 Å². The van der Waals surface area contributed by atoms with Crippen LogP contribution >= 0.6 is 0 Å². The highest BCUT2D eigenvalue weighted by Crippen LogP contribution is 2.06. The molecule has 0 N–H and O–H groups in total. The molecule has 0 atom stereocenters. The molecule has 1 aliphatic rings. The average molecular weight is 158 g/mol. The molecule has 64 valence electrons. The molecule has 1 heterocycles. The highest BCUT2D eigenvalue weighted by molar-refractivity contribution is 4.92. The summed E-state index contributed by atoms with van der Waals surface area (Å²) in [6.45, 7) is 8.11. The maximum Gasteiger partial charge on any atom is 0.179 e. The Labute approximate surface area is 66.9 Å². The number of ether oxygens (including phenoxy) is 3. The zero-order valence-corrected chi connectivity index (χ0v) is 6.84. The molecule has 1 aliphatic heterocycles. The highest BCUT2D eigenvalue weighted by atomic mass is 16.7. The Morgan fingerprint density at radius 3 is 2.18 bits per heavy atom. The van der Waals surface area contributed by atoms with E-state index in [0.29, 0.717) is 26.4 Å². The highest BCUT2D eigenvalue weighted by Gasteiger charge is 2.11. The minimum absolute atomic E-state index is 0.237. The van der Waals surface area contributed by atoms with Crippen LogP contribution in [0.25, 0.3) is 0 Å². The molecule has 0 amide bonds. The van der Waals surface area contributed by atoms with E-state index in [1.807, 2.05) is 6.92 Å². The van der Waals surface area contributed by atoms with Crippen molar-refractivity contribution in [3.63, 3.8) is 0 Å². The van der Waals surface area contributed by atoms with Gasteiger partial charge < -0.3 is 14.2 Å². The molecular weight excluding hydrogens is 144 g/mol. The lowest BCUT2D eigenvalue weighted by molar-refractivity contribution is -0.158. The third kappa shape index (κ3) is 3.01. The number of hydrogen-bond donors (Lipinski definition) is 0. The molecule has 1 saturated heterocycles. The van der Waals surface area contributed by atoms with Crippen LogP contribution in [0, 0.1) is 0 Å². The minimum atomic E-state index is -0.237. The van der Waals surface area contributed by atoms with Crippen LogP contribution in [-0.2, 0) is 14.2 Å². The van der Waals surface area contributed by atoms with Crippen molar-refractivity contribution in [2.45, 2.75) is 13.2 Å². The lowest BCUT2D eigenvalue weighted by atomic mass is 10.3. The fourth-order valence-electron chi connectivity index (χ4n) is 0.863. The maximum absolute atomic E-state index is 5.30. The standard InChI is InChI=1S/C8H14O3/c1-7(2)8-10-5-3-9-4-6-11-8/h8H,1,3-6H2,2H3. The molecule has 3 nitrogen and oxygen atoms in total. The van der Waals surface area contributed by atoms with E-state index in [1.165, 1.54) is 0 Å². The quantitative estimate of drug-likeness (QED) is 0.532. The average Bonchev–Trinajstić information content (AvgIpc) is 1.84. The minimum Gasteiger partial charge on any atom is -0.377 e. The van der Waals surface area contributed by atoms with Gasteiger partial charge in [-0.05, 0) is 12.5 Å². The molecule has 1 fully saturated rings. The first kappa shape index (κ1) is 8.71. The molecule has 0 saturated carbocycles. The monoisotopic (exact) mass is 158 g/mol. The molecule has 1 rings (SSSR count). The van der Waals surface area contributed by atoms with Gasteiger partial charge in [0.1, 0.15) is 0 Å². The molecule has 0 aromatic carbocycles. The van der Waals surface area contributed by atoms with Crippen molar-refractivity contribution in [2.24, 2.45) is 0 Å². The Bertz CT molecular complexity index is 125. The lowest BCUT2D eigenvalue weighted by Gasteiger charge is -2.21. The molecule has 0 aliphatic carbocycles. The summed E-state index contributed by atoms with van der Waals surface area (Å²) in [6.07, 6.45) is -0.237. The summed E-state index contributed by atoms with van der Waals surface area (Å²) in [7, 11) is 0. The summed E-state index contributed by atoms with van der Waals surface area (Å²) >= 11 is 0. The summed E-state index contributed by atoms with van der Waals surface area (Å²) in [5.41, 5.74) is 0.909. The molecule has 0 bridgehead atoms. The van der Waals surface area contributed by atoms with Gasteiger partial charge in [0.15, 0.2) is 6.29 Å². The fraction of sp³-hybridized carbons (Fsp3) is 0.750. The molecule has 0 unspecified atom stereocenters. The van der Waals surface area contributed by atoms with Gasteiger partial charge in [0.05, 0.1) is 26.4 Å². The number of rotatable bonds is 1. The van der Waals surface area contributed by atoms with Gasteiger partial charge in [0.2, 0.25) is 0 Å². The van der Waals surface area contributed by atoms with Crippen LogP contribution < -0.4 is 0 Å². The zero-order valence-electron chi connectivity index (χ0n) is 6.84. The van der Waals surface area contributed by atoms with Crippen LogP contribution in [0.1, 0.15) is 6.92 Å². The smallest absolute Gasteiger partial charge is 0.179 e. The van der Waals surface area contributed by atoms with Crippen molar-refractivity contribution >= 4 is 0 Å². The van der Waals surface area contributed by atoms with Gasteiger partial charge in [-0.1, -0.05) is 6.58 Å². The Morgan fingerprint density at radius 1 is 1.18 bits per heavy atom. The topological polar surface area (TPSA) is 27.7 Å². The summed E-state index contributed by atoms with van der Waals surface area (Å²) in [5.74, 6) is 0. The SMILES string of the molecule is C=C(C)C1OCCOCCO1. The van der Waals surface area contributed by atoms with Gasteiger partial charge in [0, 0.05) is 0 Å². The number of hydrogen-bond acceptors (Lipinski definition) is 3. The third-order valence-corrected chi connectivity index (χ3v) is 1.40. The molecule has 0 spiro atoms. The van der Waals surface area contributed by atoms with Crippen LogP contribution in [0.5, 0.6) is 0 Å². The third-order valence-electron chi connectivity index (χ3n) is 1.40.